The molecule has 0 radical (unpaired) electrons. The van der Waals surface area contributed by atoms with Crippen LogP contribution in [0.1, 0.15) is 63.7 Å². The molecule has 0 aliphatic carbocycles. The highest BCUT2D eigenvalue weighted by molar-refractivity contribution is 6.33. The van der Waals surface area contributed by atoms with Crippen LogP contribution in [-0.4, -0.2) is 23.0 Å². The minimum atomic E-state index is -0.166. The molecule has 5 heteroatoms. The van der Waals surface area contributed by atoms with Gasteiger partial charge in [0, 0.05) is 18.3 Å². The third-order valence-electron chi connectivity index (χ3n) is 4.07. The fourth-order valence-corrected chi connectivity index (χ4v) is 2.47. The van der Waals surface area contributed by atoms with Crippen LogP contribution in [0.2, 0.25) is 5.02 Å². The van der Waals surface area contributed by atoms with E-state index in [9.17, 15) is 4.79 Å². The second-order valence-electron chi connectivity index (χ2n) is 5.27. The molecule has 1 aromatic heterocycles. The van der Waals surface area contributed by atoms with Crippen molar-refractivity contribution in [3.05, 3.63) is 22.8 Å². The van der Waals surface area contributed by atoms with Gasteiger partial charge in [-0.1, -0.05) is 39.3 Å². The Labute approximate surface area is 132 Å². The van der Waals surface area contributed by atoms with Crippen LogP contribution >= 0.6 is 11.6 Å². The average Bonchev–Trinajstić information content (AvgIpc) is 2.51. The molecule has 0 aromatic carbocycles. The van der Waals surface area contributed by atoms with Gasteiger partial charge in [0.2, 0.25) is 0 Å². The second-order valence-corrected chi connectivity index (χ2v) is 5.68. The number of nitrogens with one attached hydrogen (secondary N) is 2. The SMILES string of the molecule is CCCNc1cc(C(=O)NC(CC)(CC)CC)c(Cl)cn1. The Morgan fingerprint density at radius 3 is 2.38 bits per heavy atom. The minimum absolute atomic E-state index is 0.132. The van der Waals surface area contributed by atoms with Gasteiger partial charge in [0.05, 0.1) is 10.6 Å². The van der Waals surface area contributed by atoms with Gasteiger partial charge in [-0.3, -0.25) is 4.79 Å². The van der Waals surface area contributed by atoms with Gasteiger partial charge in [-0.05, 0) is 31.7 Å². The monoisotopic (exact) mass is 311 g/mol. The predicted molar refractivity (Wildman–Crippen MR) is 89.1 cm³/mol. The molecule has 118 valence electrons. The Morgan fingerprint density at radius 1 is 1.24 bits per heavy atom. The van der Waals surface area contributed by atoms with Crippen molar-refractivity contribution in [1.29, 1.82) is 0 Å². The summed E-state index contributed by atoms with van der Waals surface area (Å²) in [6.45, 7) is 9.17. The molecule has 0 aliphatic rings. The Hall–Kier alpha value is -1.29. The van der Waals surface area contributed by atoms with Crippen LogP contribution < -0.4 is 10.6 Å². The molecule has 1 rings (SSSR count). The van der Waals surface area contributed by atoms with Crippen molar-refractivity contribution in [3.8, 4) is 0 Å². The summed E-state index contributed by atoms with van der Waals surface area (Å²) in [5.74, 6) is 0.550. The summed E-state index contributed by atoms with van der Waals surface area (Å²) in [6, 6.07) is 1.72. The lowest BCUT2D eigenvalue weighted by atomic mass is 9.89. The molecule has 0 unspecified atom stereocenters. The first-order valence-electron chi connectivity index (χ1n) is 7.73. The molecule has 2 N–H and O–H groups in total. The van der Waals surface area contributed by atoms with Crippen molar-refractivity contribution in [2.45, 2.75) is 58.9 Å². The maximum absolute atomic E-state index is 12.5. The first-order valence-corrected chi connectivity index (χ1v) is 8.11. The Morgan fingerprint density at radius 2 is 1.86 bits per heavy atom. The first-order chi connectivity index (χ1) is 10.0. The van der Waals surface area contributed by atoms with Crippen molar-refractivity contribution in [3.63, 3.8) is 0 Å². The van der Waals surface area contributed by atoms with E-state index in [0.29, 0.717) is 16.4 Å². The lowest BCUT2D eigenvalue weighted by molar-refractivity contribution is 0.0888. The summed E-state index contributed by atoms with van der Waals surface area (Å²) in [7, 11) is 0. The van der Waals surface area contributed by atoms with Gasteiger partial charge in [0.15, 0.2) is 0 Å². The van der Waals surface area contributed by atoms with E-state index in [2.05, 4.69) is 43.3 Å². The number of nitrogens with zero attached hydrogens (tertiary/aromatic N) is 1. The molecule has 1 heterocycles. The molecule has 21 heavy (non-hydrogen) atoms. The van der Waals surface area contributed by atoms with Crippen molar-refractivity contribution < 1.29 is 4.79 Å². The van der Waals surface area contributed by atoms with Gasteiger partial charge in [-0.15, -0.1) is 0 Å². The van der Waals surface area contributed by atoms with Gasteiger partial charge >= 0.3 is 0 Å². The molecule has 0 bridgehead atoms. The van der Waals surface area contributed by atoms with Crippen LogP contribution in [0.5, 0.6) is 0 Å². The molecule has 1 aromatic rings. The summed E-state index contributed by atoms with van der Waals surface area (Å²) >= 11 is 6.13. The number of carbonyl (C=O) groups is 1. The second kappa shape index (κ2) is 8.23. The zero-order valence-corrected chi connectivity index (χ0v) is 14.2. The highest BCUT2D eigenvalue weighted by Gasteiger charge is 2.27. The number of halogens is 1. The fourth-order valence-electron chi connectivity index (χ4n) is 2.29. The maximum atomic E-state index is 12.5. The molecular formula is C16H26ClN3O. The highest BCUT2D eigenvalue weighted by atomic mass is 35.5. The lowest BCUT2D eigenvalue weighted by Crippen LogP contribution is -2.47. The standard InChI is InChI=1S/C16H26ClN3O/c1-5-9-18-14-10-12(13(17)11-19-14)15(21)20-16(6-2,7-3)8-4/h10-11H,5-9H2,1-4H3,(H,18,19)(H,20,21). The van der Waals surface area contributed by atoms with E-state index in [1.165, 1.54) is 6.20 Å². The molecule has 0 aliphatic heterocycles. The van der Waals surface area contributed by atoms with Crippen LogP contribution in [-0.2, 0) is 0 Å². The summed E-state index contributed by atoms with van der Waals surface area (Å²) in [4.78, 5) is 16.7. The molecule has 1 amide bonds. The Balaban J connectivity index is 2.95. The molecule has 0 saturated heterocycles. The molecule has 0 saturated carbocycles. The van der Waals surface area contributed by atoms with Crippen molar-refractivity contribution >= 4 is 23.3 Å². The van der Waals surface area contributed by atoms with E-state index in [0.717, 1.165) is 32.2 Å². The van der Waals surface area contributed by atoms with Gasteiger partial charge < -0.3 is 10.6 Å². The summed E-state index contributed by atoms with van der Waals surface area (Å²) in [6.07, 6.45) is 5.22. The highest BCUT2D eigenvalue weighted by Crippen LogP contribution is 2.23. The van der Waals surface area contributed by atoms with Crippen LogP contribution in [0.4, 0.5) is 5.82 Å². The van der Waals surface area contributed by atoms with Crippen LogP contribution in [0, 0.1) is 0 Å². The van der Waals surface area contributed by atoms with Crippen LogP contribution in [0.25, 0.3) is 0 Å². The van der Waals surface area contributed by atoms with E-state index < -0.39 is 0 Å². The first kappa shape index (κ1) is 17.8. The molecule has 0 spiro atoms. The molecule has 4 nitrogen and oxygen atoms in total. The van der Waals surface area contributed by atoms with Crippen molar-refractivity contribution in [1.82, 2.24) is 10.3 Å². The largest absolute Gasteiger partial charge is 0.370 e. The summed E-state index contributed by atoms with van der Waals surface area (Å²) in [5.41, 5.74) is 0.311. The Kier molecular flexibility index (Phi) is 6.96. The summed E-state index contributed by atoms with van der Waals surface area (Å²) < 4.78 is 0. The van der Waals surface area contributed by atoms with E-state index in [1.54, 1.807) is 6.07 Å². The summed E-state index contributed by atoms with van der Waals surface area (Å²) in [5, 5.41) is 6.69. The average molecular weight is 312 g/mol. The normalized spacial score (nSPS) is 11.3. The van der Waals surface area contributed by atoms with Gasteiger partial charge in [-0.25, -0.2) is 4.98 Å². The number of aromatic nitrogens is 1. The molecular weight excluding hydrogens is 286 g/mol. The number of hydrogen-bond donors (Lipinski definition) is 2. The molecule has 0 fully saturated rings. The third kappa shape index (κ3) is 4.60. The van der Waals surface area contributed by atoms with E-state index in [-0.39, 0.29) is 11.4 Å². The maximum Gasteiger partial charge on any atom is 0.253 e. The predicted octanol–water partition coefficient (Wildman–Crippen LogP) is 4.26. The minimum Gasteiger partial charge on any atom is -0.370 e. The number of anilines is 1. The van der Waals surface area contributed by atoms with Crippen molar-refractivity contribution in [2.24, 2.45) is 0 Å². The number of pyridine rings is 1. The number of hydrogen-bond acceptors (Lipinski definition) is 3. The zero-order chi connectivity index (χ0) is 15.9. The topological polar surface area (TPSA) is 54.0 Å². The van der Waals surface area contributed by atoms with Crippen molar-refractivity contribution in [2.75, 3.05) is 11.9 Å². The number of carbonyl (C=O) groups excluding carboxylic acids is 1. The van der Waals surface area contributed by atoms with E-state index in [1.807, 2.05) is 0 Å². The Bertz CT molecular complexity index is 464. The van der Waals surface area contributed by atoms with Gasteiger partial charge in [-0.2, -0.15) is 0 Å². The zero-order valence-electron chi connectivity index (χ0n) is 13.4. The van der Waals surface area contributed by atoms with Crippen LogP contribution in [0.3, 0.4) is 0 Å². The number of rotatable bonds is 8. The quantitative estimate of drug-likeness (QED) is 0.754. The van der Waals surface area contributed by atoms with E-state index >= 15 is 0 Å². The smallest absolute Gasteiger partial charge is 0.253 e. The third-order valence-corrected chi connectivity index (χ3v) is 4.37. The molecule has 0 atom stereocenters. The van der Waals surface area contributed by atoms with Gasteiger partial charge in [0.25, 0.3) is 5.91 Å². The van der Waals surface area contributed by atoms with Gasteiger partial charge in [0.1, 0.15) is 5.82 Å². The lowest BCUT2D eigenvalue weighted by Gasteiger charge is -2.32. The fraction of sp³-hybridized carbons (Fsp3) is 0.625. The number of amides is 1. The van der Waals surface area contributed by atoms with Crippen LogP contribution in [0.15, 0.2) is 12.3 Å². The van der Waals surface area contributed by atoms with E-state index in [4.69, 9.17) is 11.6 Å².